The highest BCUT2D eigenvalue weighted by Gasteiger charge is 2.27. The molecular weight excluding hydrogens is 317 g/mol. The van der Waals surface area contributed by atoms with Crippen LogP contribution in [-0.2, 0) is 0 Å². The average Bonchev–Trinajstić information content (AvgIpc) is 2.54. The van der Waals surface area contributed by atoms with Crippen molar-refractivity contribution >= 4 is 24.0 Å². The number of methoxy groups -OCH3 is 1. The van der Waals surface area contributed by atoms with E-state index in [1.54, 1.807) is 7.11 Å². The van der Waals surface area contributed by atoms with E-state index in [4.69, 9.17) is 16.3 Å². The van der Waals surface area contributed by atoms with Gasteiger partial charge in [-0.15, -0.1) is 12.4 Å². The van der Waals surface area contributed by atoms with E-state index >= 15 is 0 Å². The van der Waals surface area contributed by atoms with E-state index in [9.17, 15) is 0 Å². The Kier molecular flexibility index (Phi) is 5.74. The number of hydrogen-bond acceptors (Lipinski definition) is 2. The Hall–Kier alpha value is -1.22. The van der Waals surface area contributed by atoms with Gasteiger partial charge < -0.3 is 10.1 Å². The molecular formula is C18H21Cl2NO. The van der Waals surface area contributed by atoms with Gasteiger partial charge in [-0.1, -0.05) is 29.8 Å². The van der Waals surface area contributed by atoms with Crippen LogP contribution < -0.4 is 10.1 Å². The third kappa shape index (κ3) is 3.24. The molecule has 0 fully saturated rings. The molecule has 0 spiro atoms. The Balaban J connectivity index is 0.00000176. The zero-order chi connectivity index (χ0) is 14.8. The van der Waals surface area contributed by atoms with Gasteiger partial charge in [-0.05, 0) is 60.8 Å². The minimum atomic E-state index is 0. The predicted molar refractivity (Wildman–Crippen MR) is 94.6 cm³/mol. The number of ether oxygens (including phenoxy) is 1. The summed E-state index contributed by atoms with van der Waals surface area (Å²) in [6.07, 6.45) is 2.27. The number of hydrogen-bond donors (Lipinski definition) is 1. The van der Waals surface area contributed by atoms with Crippen LogP contribution in [-0.4, -0.2) is 14.2 Å². The molecule has 0 bridgehead atoms. The fourth-order valence-corrected chi connectivity index (χ4v) is 3.41. The molecule has 2 atom stereocenters. The first-order chi connectivity index (χ1) is 10.2. The monoisotopic (exact) mass is 337 g/mol. The van der Waals surface area contributed by atoms with Crippen molar-refractivity contribution < 1.29 is 4.74 Å². The van der Waals surface area contributed by atoms with Crippen molar-refractivity contribution in [2.45, 2.75) is 24.8 Å². The summed E-state index contributed by atoms with van der Waals surface area (Å²) in [4.78, 5) is 0. The molecule has 1 aliphatic carbocycles. The first-order valence-corrected chi connectivity index (χ1v) is 7.71. The summed E-state index contributed by atoms with van der Waals surface area (Å²) in [5.74, 6) is 1.36. The van der Waals surface area contributed by atoms with Crippen molar-refractivity contribution in [3.8, 4) is 5.75 Å². The van der Waals surface area contributed by atoms with Crippen molar-refractivity contribution in [3.05, 3.63) is 64.2 Å². The molecule has 0 aliphatic heterocycles. The molecule has 0 saturated heterocycles. The quantitative estimate of drug-likeness (QED) is 0.854. The number of rotatable bonds is 3. The second-order valence-electron chi connectivity index (χ2n) is 5.52. The molecule has 2 aromatic rings. The minimum absolute atomic E-state index is 0. The van der Waals surface area contributed by atoms with E-state index in [0.29, 0.717) is 12.0 Å². The van der Waals surface area contributed by atoms with Crippen LogP contribution in [0.5, 0.6) is 5.75 Å². The van der Waals surface area contributed by atoms with Crippen LogP contribution in [0, 0.1) is 0 Å². The largest absolute Gasteiger partial charge is 0.497 e. The second-order valence-corrected chi connectivity index (χ2v) is 5.95. The van der Waals surface area contributed by atoms with Crippen molar-refractivity contribution in [1.82, 2.24) is 5.32 Å². The standard InChI is InChI=1S/C18H20ClNO.ClH/c1-20-18-10-9-15(12-3-5-13(19)6-4-12)16-8-7-14(21-2)11-17(16)18;/h3-8,11,15,18,20H,9-10H2,1-2H3;1H/t15?,18-;/m1./s1. The second kappa shape index (κ2) is 7.36. The lowest BCUT2D eigenvalue weighted by Gasteiger charge is -2.32. The highest BCUT2D eigenvalue weighted by molar-refractivity contribution is 6.30. The zero-order valence-electron chi connectivity index (χ0n) is 12.8. The number of nitrogens with one attached hydrogen (secondary N) is 1. The van der Waals surface area contributed by atoms with Gasteiger partial charge in [0.1, 0.15) is 5.75 Å². The highest BCUT2D eigenvalue weighted by atomic mass is 35.5. The van der Waals surface area contributed by atoms with Crippen molar-refractivity contribution in [1.29, 1.82) is 0 Å². The number of halogens is 2. The molecule has 1 aliphatic rings. The summed E-state index contributed by atoms with van der Waals surface area (Å²) >= 11 is 6.01. The van der Waals surface area contributed by atoms with E-state index in [0.717, 1.165) is 23.6 Å². The lowest BCUT2D eigenvalue weighted by Crippen LogP contribution is -2.24. The summed E-state index contributed by atoms with van der Waals surface area (Å²) in [6, 6.07) is 15.1. The minimum Gasteiger partial charge on any atom is -0.497 e. The summed E-state index contributed by atoms with van der Waals surface area (Å²) in [5.41, 5.74) is 4.08. The highest BCUT2D eigenvalue weighted by Crippen LogP contribution is 2.42. The molecule has 0 saturated carbocycles. The van der Waals surface area contributed by atoms with Gasteiger partial charge in [0.05, 0.1) is 7.11 Å². The number of fused-ring (bicyclic) bond motifs is 1. The van der Waals surface area contributed by atoms with Gasteiger partial charge in [0.15, 0.2) is 0 Å². The summed E-state index contributed by atoms with van der Waals surface area (Å²) in [6.45, 7) is 0. The van der Waals surface area contributed by atoms with E-state index in [1.807, 2.05) is 19.2 Å². The van der Waals surface area contributed by atoms with E-state index in [2.05, 4.69) is 35.6 Å². The topological polar surface area (TPSA) is 21.3 Å². The average molecular weight is 338 g/mol. The van der Waals surface area contributed by atoms with E-state index in [-0.39, 0.29) is 12.4 Å². The maximum absolute atomic E-state index is 6.01. The van der Waals surface area contributed by atoms with Gasteiger partial charge in [-0.2, -0.15) is 0 Å². The Morgan fingerprint density at radius 1 is 1.05 bits per heavy atom. The smallest absolute Gasteiger partial charge is 0.119 e. The molecule has 3 rings (SSSR count). The fraction of sp³-hybridized carbons (Fsp3) is 0.333. The molecule has 1 unspecified atom stereocenters. The lowest BCUT2D eigenvalue weighted by molar-refractivity contribution is 0.409. The van der Waals surface area contributed by atoms with Crippen LogP contribution in [0.3, 0.4) is 0 Å². The normalized spacial score (nSPS) is 20.0. The van der Waals surface area contributed by atoms with Crippen LogP contribution in [0.15, 0.2) is 42.5 Å². The Morgan fingerprint density at radius 3 is 2.41 bits per heavy atom. The van der Waals surface area contributed by atoms with Crippen molar-refractivity contribution in [3.63, 3.8) is 0 Å². The first kappa shape index (κ1) is 17.1. The molecule has 4 heteroatoms. The molecule has 0 amide bonds. The van der Waals surface area contributed by atoms with Gasteiger partial charge in [-0.3, -0.25) is 0 Å². The molecule has 0 aromatic heterocycles. The molecule has 1 N–H and O–H groups in total. The first-order valence-electron chi connectivity index (χ1n) is 7.33. The molecule has 118 valence electrons. The van der Waals surface area contributed by atoms with Crippen LogP contribution >= 0.6 is 24.0 Å². The van der Waals surface area contributed by atoms with Crippen LogP contribution in [0.4, 0.5) is 0 Å². The predicted octanol–water partition coefficient (Wildman–Crippen LogP) is 4.96. The Bertz CT molecular complexity index is 627. The third-order valence-electron chi connectivity index (χ3n) is 4.41. The van der Waals surface area contributed by atoms with Crippen molar-refractivity contribution in [2.24, 2.45) is 0 Å². The molecule has 2 nitrogen and oxygen atoms in total. The SMILES string of the molecule is CN[C@@H]1CCC(c2ccc(Cl)cc2)c2ccc(OC)cc21.Cl. The van der Waals surface area contributed by atoms with Crippen LogP contribution in [0.2, 0.25) is 5.02 Å². The van der Waals surface area contributed by atoms with E-state index in [1.165, 1.54) is 16.7 Å². The molecule has 2 aromatic carbocycles. The Labute approximate surface area is 143 Å². The van der Waals surface area contributed by atoms with Gasteiger partial charge >= 0.3 is 0 Å². The Morgan fingerprint density at radius 2 is 1.77 bits per heavy atom. The van der Waals surface area contributed by atoms with E-state index < -0.39 is 0 Å². The lowest BCUT2D eigenvalue weighted by atomic mass is 9.76. The van der Waals surface area contributed by atoms with Crippen LogP contribution in [0.25, 0.3) is 0 Å². The van der Waals surface area contributed by atoms with Gasteiger partial charge in [0.25, 0.3) is 0 Å². The maximum atomic E-state index is 6.01. The van der Waals surface area contributed by atoms with Gasteiger partial charge in [0.2, 0.25) is 0 Å². The third-order valence-corrected chi connectivity index (χ3v) is 4.66. The molecule has 0 heterocycles. The zero-order valence-corrected chi connectivity index (χ0v) is 14.4. The summed E-state index contributed by atoms with van der Waals surface area (Å²) < 4.78 is 5.38. The van der Waals surface area contributed by atoms with Gasteiger partial charge in [0, 0.05) is 17.0 Å². The molecule has 0 radical (unpaired) electrons. The maximum Gasteiger partial charge on any atom is 0.119 e. The van der Waals surface area contributed by atoms with Crippen molar-refractivity contribution in [2.75, 3.05) is 14.2 Å². The number of benzene rings is 2. The van der Waals surface area contributed by atoms with Gasteiger partial charge in [-0.25, -0.2) is 0 Å². The molecule has 22 heavy (non-hydrogen) atoms. The van der Waals surface area contributed by atoms with Crippen LogP contribution in [0.1, 0.15) is 41.5 Å². The summed E-state index contributed by atoms with van der Waals surface area (Å²) in [5, 5.41) is 4.21. The fourth-order valence-electron chi connectivity index (χ4n) is 3.28. The summed E-state index contributed by atoms with van der Waals surface area (Å²) in [7, 11) is 3.74.